The first-order valence-electron chi connectivity index (χ1n) is 12.1. The molecule has 0 atom stereocenters. The van der Waals surface area contributed by atoms with Gasteiger partial charge in [-0.3, -0.25) is 19.5 Å². The van der Waals surface area contributed by atoms with E-state index in [1.165, 1.54) is 31.2 Å². The summed E-state index contributed by atoms with van der Waals surface area (Å²) in [5.74, 6) is -0.0878. The normalized spacial score (nSPS) is 23.8. The van der Waals surface area contributed by atoms with Gasteiger partial charge < -0.3 is 10.2 Å². The summed E-state index contributed by atoms with van der Waals surface area (Å²) in [6.45, 7) is 3.72. The molecule has 1 saturated heterocycles. The van der Waals surface area contributed by atoms with Crippen LogP contribution < -0.4 is 5.32 Å². The van der Waals surface area contributed by atoms with Crippen LogP contribution in [0.25, 0.3) is 11.3 Å². The molecule has 2 heterocycles. The number of aromatic nitrogens is 1. The Labute approximate surface area is 194 Å². The Morgan fingerprint density at radius 2 is 1.70 bits per heavy atom. The molecular formula is C26H31FN4O2. The number of piperazine rings is 1. The van der Waals surface area contributed by atoms with Gasteiger partial charge in [0.05, 0.1) is 11.3 Å². The first kappa shape index (κ1) is 22.0. The second-order valence-electron chi connectivity index (χ2n) is 9.56. The van der Waals surface area contributed by atoms with E-state index in [1.54, 1.807) is 24.3 Å². The number of carbonyl (C=O) groups is 2. The van der Waals surface area contributed by atoms with Crippen molar-refractivity contribution in [3.63, 3.8) is 0 Å². The van der Waals surface area contributed by atoms with Gasteiger partial charge in [0.25, 0.3) is 5.91 Å². The molecular weight excluding hydrogens is 419 g/mol. The number of pyridine rings is 1. The van der Waals surface area contributed by atoms with Crippen LogP contribution in [0, 0.1) is 11.7 Å². The summed E-state index contributed by atoms with van der Waals surface area (Å²) in [6, 6.07) is 10.6. The van der Waals surface area contributed by atoms with E-state index in [0.717, 1.165) is 57.9 Å². The number of rotatable bonds is 5. The molecule has 1 N–H and O–H groups in total. The van der Waals surface area contributed by atoms with Crippen molar-refractivity contribution in [2.45, 2.75) is 50.6 Å². The molecule has 7 heteroatoms. The van der Waals surface area contributed by atoms with Gasteiger partial charge in [-0.15, -0.1) is 0 Å². The minimum atomic E-state index is -0.314. The first-order chi connectivity index (χ1) is 16.1. The molecule has 3 aliphatic rings. The van der Waals surface area contributed by atoms with Crippen molar-refractivity contribution >= 4 is 11.8 Å². The molecule has 2 aliphatic carbocycles. The van der Waals surface area contributed by atoms with E-state index in [4.69, 9.17) is 0 Å². The number of carbonyl (C=O) groups excluding carboxylic acids is 2. The lowest BCUT2D eigenvalue weighted by atomic mass is 9.85. The SMILES string of the molecule is O=C(NC1CCC(C(=O)N2CCN(C3CC3)CC2)CC1)c1ccc(-c2cccc(F)c2)nc1. The highest BCUT2D eigenvalue weighted by atomic mass is 19.1. The predicted octanol–water partition coefficient (Wildman–Crippen LogP) is 3.48. The summed E-state index contributed by atoms with van der Waals surface area (Å²) in [7, 11) is 0. The second-order valence-corrected chi connectivity index (χ2v) is 9.56. The lowest BCUT2D eigenvalue weighted by Gasteiger charge is -2.38. The van der Waals surface area contributed by atoms with Gasteiger partial charge >= 0.3 is 0 Å². The largest absolute Gasteiger partial charge is 0.349 e. The molecule has 5 rings (SSSR count). The molecule has 1 aromatic heterocycles. The average Bonchev–Trinajstić information content (AvgIpc) is 3.70. The van der Waals surface area contributed by atoms with Gasteiger partial charge in [-0.1, -0.05) is 12.1 Å². The Bertz CT molecular complexity index is 992. The van der Waals surface area contributed by atoms with Gasteiger partial charge in [0.1, 0.15) is 5.82 Å². The maximum atomic E-state index is 13.4. The summed E-state index contributed by atoms with van der Waals surface area (Å²) >= 11 is 0. The van der Waals surface area contributed by atoms with Crippen LogP contribution in [0.3, 0.4) is 0 Å². The molecule has 33 heavy (non-hydrogen) atoms. The number of amides is 2. The summed E-state index contributed by atoms with van der Waals surface area (Å²) in [5.41, 5.74) is 1.80. The van der Waals surface area contributed by atoms with E-state index >= 15 is 0 Å². The molecule has 0 bridgehead atoms. The van der Waals surface area contributed by atoms with E-state index < -0.39 is 0 Å². The zero-order valence-corrected chi connectivity index (χ0v) is 18.9. The van der Waals surface area contributed by atoms with Crippen molar-refractivity contribution < 1.29 is 14.0 Å². The number of halogens is 1. The molecule has 1 aromatic carbocycles. The molecule has 0 unspecified atom stereocenters. The van der Waals surface area contributed by atoms with Crippen LogP contribution in [0.5, 0.6) is 0 Å². The molecule has 2 saturated carbocycles. The smallest absolute Gasteiger partial charge is 0.253 e. The fourth-order valence-electron chi connectivity index (χ4n) is 5.11. The quantitative estimate of drug-likeness (QED) is 0.758. The van der Waals surface area contributed by atoms with Crippen molar-refractivity contribution in [1.29, 1.82) is 0 Å². The Morgan fingerprint density at radius 1 is 0.939 bits per heavy atom. The van der Waals surface area contributed by atoms with Crippen molar-refractivity contribution in [2.75, 3.05) is 26.2 Å². The Balaban J connectivity index is 1.09. The zero-order valence-electron chi connectivity index (χ0n) is 18.9. The highest BCUT2D eigenvalue weighted by Crippen LogP contribution is 2.30. The van der Waals surface area contributed by atoms with Crippen LogP contribution in [0.15, 0.2) is 42.6 Å². The van der Waals surface area contributed by atoms with E-state index in [-0.39, 0.29) is 23.7 Å². The standard InChI is InChI=1S/C26H31FN4O2/c27-21-3-1-2-19(16-21)24-11-6-20(17-28-24)25(32)29-22-7-4-18(5-8-22)26(33)31-14-12-30(13-15-31)23-9-10-23/h1-3,6,11,16-18,22-23H,4-5,7-10,12-15H2,(H,29,32). The third-order valence-electron chi connectivity index (χ3n) is 7.25. The fraction of sp³-hybridized carbons (Fsp3) is 0.500. The Hall–Kier alpha value is -2.80. The predicted molar refractivity (Wildman–Crippen MR) is 124 cm³/mol. The molecule has 2 amide bonds. The lowest BCUT2D eigenvalue weighted by Crippen LogP contribution is -2.51. The highest BCUT2D eigenvalue weighted by molar-refractivity contribution is 5.94. The monoisotopic (exact) mass is 450 g/mol. The fourth-order valence-corrected chi connectivity index (χ4v) is 5.11. The number of benzene rings is 1. The van der Waals surface area contributed by atoms with E-state index in [9.17, 15) is 14.0 Å². The third-order valence-corrected chi connectivity index (χ3v) is 7.25. The van der Waals surface area contributed by atoms with Crippen molar-refractivity contribution in [3.05, 3.63) is 54.0 Å². The summed E-state index contributed by atoms with van der Waals surface area (Å²) in [5, 5.41) is 3.10. The molecule has 174 valence electrons. The van der Waals surface area contributed by atoms with Gasteiger partial charge in [-0.2, -0.15) is 0 Å². The summed E-state index contributed by atoms with van der Waals surface area (Å²) in [4.78, 5) is 34.5. The first-order valence-corrected chi connectivity index (χ1v) is 12.1. The highest BCUT2D eigenvalue weighted by Gasteiger charge is 2.35. The molecule has 1 aliphatic heterocycles. The van der Waals surface area contributed by atoms with Crippen molar-refractivity contribution in [2.24, 2.45) is 5.92 Å². The minimum absolute atomic E-state index is 0.0798. The molecule has 6 nitrogen and oxygen atoms in total. The van der Waals surface area contributed by atoms with Crippen LogP contribution >= 0.6 is 0 Å². The zero-order chi connectivity index (χ0) is 22.8. The minimum Gasteiger partial charge on any atom is -0.349 e. The van der Waals surface area contributed by atoms with Gasteiger partial charge in [-0.05, 0) is 62.8 Å². The number of nitrogens with one attached hydrogen (secondary N) is 1. The average molecular weight is 451 g/mol. The van der Waals surface area contributed by atoms with E-state index in [2.05, 4.69) is 15.2 Å². The van der Waals surface area contributed by atoms with Gasteiger partial charge in [0, 0.05) is 55.9 Å². The van der Waals surface area contributed by atoms with Gasteiger partial charge in [0.15, 0.2) is 0 Å². The lowest BCUT2D eigenvalue weighted by molar-refractivity contribution is -0.138. The third kappa shape index (κ3) is 5.24. The summed E-state index contributed by atoms with van der Waals surface area (Å²) < 4.78 is 13.4. The van der Waals surface area contributed by atoms with Crippen LogP contribution in [0.1, 0.15) is 48.9 Å². The van der Waals surface area contributed by atoms with Crippen molar-refractivity contribution in [3.8, 4) is 11.3 Å². The molecule has 0 spiro atoms. The van der Waals surface area contributed by atoms with Crippen LogP contribution in [-0.2, 0) is 4.79 Å². The van der Waals surface area contributed by atoms with Crippen molar-refractivity contribution in [1.82, 2.24) is 20.1 Å². The Kier molecular flexibility index (Phi) is 6.40. The number of hydrogen-bond donors (Lipinski definition) is 1. The van der Waals surface area contributed by atoms with E-state index in [1.807, 2.05) is 4.90 Å². The topological polar surface area (TPSA) is 65.5 Å². The second kappa shape index (κ2) is 9.59. The van der Waals surface area contributed by atoms with Crippen LogP contribution in [0.2, 0.25) is 0 Å². The number of nitrogens with zero attached hydrogens (tertiary/aromatic N) is 3. The van der Waals surface area contributed by atoms with Crippen LogP contribution in [-0.4, -0.2) is 64.9 Å². The molecule has 3 fully saturated rings. The van der Waals surface area contributed by atoms with Crippen LogP contribution in [0.4, 0.5) is 4.39 Å². The molecule has 2 aromatic rings. The maximum absolute atomic E-state index is 13.4. The van der Waals surface area contributed by atoms with Gasteiger partial charge in [-0.25, -0.2) is 4.39 Å². The van der Waals surface area contributed by atoms with Gasteiger partial charge in [0.2, 0.25) is 5.91 Å². The Morgan fingerprint density at radius 3 is 2.33 bits per heavy atom. The maximum Gasteiger partial charge on any atom is 0.253 e. The number of hydrogen-bond acceptors (Lipinski definition) is 4. The summed E-state index contributed by atoms with van der Waals surface area (Å²) in [6.07, 6.45) is 7.45. The van der Waals surface area contributed by atoms with E-state index in [0.29, 0.717) is 22.7 Å². The molecule has 0 radical (unpaired) electrons.